The first-order valence-corrected chi connectivity index (χ1v) is 8.99. The molecule has 0 nitrogen and oxygen atoms in total. The maximum atomic E-state index is 2.50. The Bertz CT molecular complexity index is 1090. The molecule has 24 heavy (non-hydrogen) atoms. The van der Waals surface area contributed by atoms with Gasteiger partial charge in [-0.2, -0.15) is 0 Å². The molecular weight excluding hydrogens is 288 g/mol. The molecule has 114 valence electrons. The van der Waals surface area contributed by atoms with Crippen LogP contribution in [0.1, 0.15) is 36.0 Å². The van der Waals surface area contributed by atoms with Crippen LogP contribution in [0.3, 0.4) is 0 Å². The Morgan fingerprint density at radius 1 is 0.750 bits per heavy atom. The zero-order valence-corrected chi connectivity index (χ0v) is 13.6. The number of benzene rings is 3. The van der Waals surface area contributed by atoms with Gasteiger partial charge in [0.2, 0.25) is 0 Å². The standard InChI is InChI=1S/C24H18/c1-3-9-17-15(7-1)13-22-19-11-5-6-12-20(19)23-18-10-4-2-8-16(18)14-21(17)24(22)23/h1-4,7-10,12,14H,5-6,11,13H2. The monoisotopic (exact) mass is 306 g/mol. The summed E-state index contributed by atoms with van der Waals surface area (Å²) in [5.74, 6) is 0. The molecule has 0 amide bonds. The average molecular weight is 306 g/mol. The van der Waals surface area contributed by atoms with E-state index in [2.05, 4.69) is 60.7 Å². The molecule has 0 aliphatic heterocycles. The molecule has 3 aliphatic rings. The average Bonchev–Trinajstić information content (AvgIpc) is 2.98. The van der Waals surface area contributed by atoms with Crippen molar-refractivity contribution in [3.05, 3.63) is 82.9 Å². The molecule has 0 heteroatoms. The summed E-state index contributed by atoms with van der Waals surface area (Å²) in [6.07, 6.45) is 7.35. The van der Waals surface area contributed by atoms with Gasteiger partial charge in [-0.05, 0) is 87.1 Å². The summed E-state index contributed by atoms with van der Waals surface area (Å²) in [4.78, 5) is 0. The van der Waals surface area contributed by atoms with Crippen molar-refractivity contribution in [2.45, 2.75) is 25.7 Å². The van der Waals surface area contributed by atoms with Gasteiger partial charge in [0.15, 0.2) is 0 Å². The third-order valence-corrected chi connectivity index (χ3v) is 5.96. The fraction of sp³-hybridized carbons (Fsp3) is 0.167. The van der Waals surface area contributed by atoms with Crippen molar-refractivity contribution in [2.24, 2.45) is 0 Å². The zero-order valence-electron chi connectivity index (χ0n) is 13.6. The van der Waals surface area contributed by atoms with Gasteiger partial charge in [-0.25, -0.2) is 0 Å². The molecule has 0 radical (unpaired) electrons. The molecule has 0 saturated heterocycles. The first-order chi connectivity index (χ1) is 11.9. The lowest BCUT2D eigenvalue weighted by atomic mass is 9.80. The van der Waals surface area contributed by atoms with Crippen LogP contribution in [0.2, 0.25) is 0 Å². The fourth-order valence-corrected chi connectivity index (χ4v) is 4.98. The molecule has 0 N–H and O–H groups in total. The molecule has 0 fully saturated rings. The Labute approximate surface area is 142 Å². The first-order valence-electron chi connectivity index (χ1n) is 8.99. The van der Waals surface area contributed by atoms with Crippen molar-refractivity contribution >= 4 is 21.9 Å². The highest BCUT2D eigenvalue weighted by molar-refractivity contribution is 6.15. The van der Waals surface area contributed by atoms with Gasteiger partial charge in [0, 0.05) is 0 Å². The van der Waals surface area contributed by atoms with Crippen LogP contribution in [0.25, 0.3) is 33.0 Å². The molecule has 3 aromatic rings. The second kappa shape index (κ2) is 4.48. The van der Waals surface area contributed by atoms with Crippen LogP contribution in [0.4, 0.5) is 0 Å². The normalized spacial score (nSPS) is 17.4. The van der Waals surface area contributed by atoms with Crippen LogP contribution in [0.5, 0.6) is 0 Å². The van der Waals surface area contributed by atoms with E-state index in [-0.39, 0.29) is 0 Å². The Morgan fingerprint density at radius 2 is 1.62 bits per heavy atom. The summed E-state index contributed by atoms with van der Waals surface area (Å²) in [5, 5.41) is 2.80. The predicted octanol–water partition coefficient (Wildman–Crippen LogP) is 6.40. The molecule has 0 saturated carbocycles. The molecule has 0 heterocycles. The van der Waals surface area contributed by atoms with Crippen LogP contribution in [0.15, 0.2) is 66.2 Å². The van der Waals surface area contributed by atoms with E-state index < -0.39 is 0 Å². The first kappa shape index (κ1) is 12.8. The van der Waals surface area contributed by atoms with E-state index in [0.717, 1.165) is 6.42 Å². The van der Waals surface area contributed by atoms with Gasteiger partial charge in [-0.15, -0.1) is 0 Å². The summed E-state index contributed by atoms with van der Waals surface area (Å²) < 4.78 is 0. The third kappa shape index (κ3) is 1.49. The Balaban J connectivity index is 1.84. The Hall–Kier alpha value is -2.60. The maximum Gasteiger partial charge on any atom is -0.00103 e. The van der Waals surface area contributed by atoms with Crippen molar-refractivity contribution < 1.29 is 0 Å². The molecule has 0 unspecified atom stereocenters. The molecule has 0 spiro atoms. The SMILES string of the molecule is C1=C2C(=C3Cc4ccccc4-c4cc5ccccc5c2c43)CCC1. The predicted molar refractivity (Wildman–Crippen MR) is 102 cm³/mol. The number of hydrogen-bond acceptors (Lipinski definition) is 0. The largest absolute Gasteiger partial charge is 0.0763 e. The lowest BCUT2D eigenvalue weighted by Crippen LogP contribution is -2.03. The number of allylic oxidation sites excluding steroid dienone is 4. The molecular formula is C24H18. The minimum atomic E-state index is 1.10. The van der Waals surface area contributed by atoms with Crippen molar-refractivity contribution in [2.75, 3.05) is 0 Å². The summed E-state index contributed by atoms with van der Waals surface area (Å²) in [7, 11) is 0. The molecule has 6 rings (SSSR count). The van der Waals surface area contributed by atoms with E-state index in [1.54, 1.807) is 11.1 Å². The van der Waals surface area contributed by atoms with Gasteiger partial charge < -0.3 is 0 Å². The fourth-order valence-electron chi connectivity index (χ4n) is 4.98. The Kier molecular flexibility index (Phi) is 2.38. The van der Waals surface area contributed by atoms with Crippen LogP contribution >= 0.6 is 0 Å². The highest BCUT2D eigenvalue weighted by Crippen LogP contribution is 2.55. The van der Waals surface area contributed by atoms with Crippen molar-refractivity contribution in [3.8, 4) is 11.1 Å². The van der Waals surface area contributed by atoms with E-state index in [9.17, 15) is 0 Å². The van der Waals surface area contributed by atoms with Gasteiger partial charge >= 0.3 is 0 Å². The molecule has 0 bridgehead atoms. The zero-order chi connectivity index (χ0) is 15.7. The minimum absolute atomic E-state index is 1.10. The van der Waals surface area contributed by atoms with Crippen molar-refractivity contribution in [1.29, 1.82) is 0 Å². The number of hydrogen-bond donors (Lipinski definition) is 0. The summed E-state index contributed by atoms with van der Waals surface area (Å²) >= 11 is 0. The van der Waals surface area contributed by atoms with Gasteiger partial charge in [0.1, 0.15) is 0 Å². The molecule has 3 aromatic carbocycles. The van der Waals surface area contributed by atoms with Crippen LogP contribution < -0.4 is 0 Å². The molecule has 3 aliphatic carbocycles. The highest BCUT2D eigenvalue weighted by Gasteiger charge is 2.34. The van der Waals surface area contributed by atoms with E-state index >= 15 is 0 Å². The van der Waals surface area contributed by atoms with E-state index in [1.165, 1.54) is 63.4 Å². The van der Waals surface area contributed by atoms with Crippen LogP contribution in [0, 0.1) is 0 Å². The topological polar surface area (TPSA) is 0 Å². The number of fused-ring (bicyclic) bond motifs is 6. The second-order valence-electron chi connectivity index (χ2n) is 7.20. The summed E-state index contributed by atoms with van der Waals surface area (Å²) in [5.41, 5.74) is 12.2. The Morgan fingerprint density at radius 3 is 2.62 bits per heavy atom. The second-order valence-corrected chi connectivity index (χ2v) is 7.20. The molecule has 0 aromatic heterocycles. The third-order valence-electron chi connectivity index (χ3n) is 5.96. The highest BCUT2D eigenvalue weighted by atomic mass is 14.4. The number of rotatable bonds is 0. The van der Waals surface area contributed by atoms with Crippen molar-refractivity contribution in [3.63, 3.8) is 0 Å². The lowest BCUT2D eigenvalue weighted by Gasteiger charge is -2.23. The summed E-state index contributed by atoms with van der Waals surface area (Å²) in [6.45, 7) is 0. The van der Waals surface area contributed by atoms with Gasteiger partial charge in [-0.1, -0.05) is 54.6 Å². The smallest absolute Gasteiger partial charge is 0.00103 e. The molecule has 0 atom stereocenters. The van der Waals surface area contributed by atoms with Crippen molar-refractivity contribution in [1.82, 2.24) is 0 Å². The van der Waals surface area contributed by atoms with E-state index in [0.29, 0.717) is 0 Å². The van der Waals surface area contributed by atoms with Gasteiger partial charge in [0.25, 0.3) is 0 Å². The van der Waals surface area contributed by atoms with Crippen LogP contribution in [-0.4, -0.2) is 0 Å². The van der Waals surface area contributed by atoms with Crippen LogP contribution in [-0.2, 0) is 6.42 Å². The quantitative estimate of drug-likeness (QED) is 0.451. The van der Waals surface area contributed by atoms with E-state index in [4.69, 9.17) is 0 Å². The summed E-state index contributed by atoms with van der Waals surface area (Å²) in [6, 6.07) is 20.3. The van der Waals surface area contributed by atoms with Gasteiger partial charge in [0.05, 0.1) is 0 Å². The van der Waals surface area contributed by atoms with E-state index in [1.807, 2.05) is 0 Å². The maximum absolute atomic E-state index is 2.50. The minimum Gasteiger partial charge on any atom is -0.0763 e. The van der Waals surface area contributed by atoms with Gasteiger partial charge in [-0.3, -0.25) is 0 Å². The lowest BCUT2D eigenvalue weighted by molar-refractivity contribution is 0.831.